The van der Waals surface area contributed by atoms with Crippen molar-refractivity contribution in [3.63, 3.8) is 0 Å². The van der Waals surface area contributed by atoms with Crippen molar-refractivity contribution in [1.82, 2.24) is 10.0 Å². The first-order valence-electron chi connectivity index (χ1n) is 7.52. The first kappa shape index (κ1) is 21.9. The second kappa shape index (κ2) is 8.49. The number of sulfonamides is 1. The van der Waals surface area contributed by atoms with Gasteiger partial charge in [0.25, 0.3) is 5.91 Å². The average Bonchev–Trinajstić information content (AvgIpc) is 2.50. The number of hydrogen-bond donors (Lipinski definition) is 3. The Hall–Kier alpha value is -2.14. The predicted octanol–water partition coefficient (Wildman–Crippen LogP) is 1.76. The molecule has 0 unspecified atom stereocenters. The van der Waals surface area contributed by atoms with Crippen molar-refractivity contribution in [1.29, 1.82) is 0 Å². The van der Waals surface area contributed by atoms with Crippen molar-refractivity contribution < 1.29 is 36.3 Å². The molecule has 0 radical (unpaired) electrons. The van der Waals surface area contributed by atoms with E-state index in [4.69, 9.17) is 5.11 Å². The van der Waals surface area contributed by atoms with E-state index in [1.54, 1.807) is 19.2 Å². The van der Waals surface area contributed by atoms with Crippen molar-refractivity contribution in [3.8, 4) is 0 Å². The summed E-state index contributed by atoms with van der Waals surface area (Å²) >= 11 is 0. The maximum atomic E-state index is 12.2. The van der Waals surface area contributed by atoms with Gasteiger partial charge in [0, 0.05) is 5.56 Å². The quantitative estimate of drug-likeness (QED) is 0.620. The SMILES string of the molecule is CC(C)C[C@@H](NS(=O)(=O)c1ccc(C(=O)NCC(F)(F)F)cc1)C(=O)O. The van der Waals surface area contributed by atoms with Gasteiger partial charge in [-0.15, -0.1) is 0 Å². The van der Waals surface area contributed by atoms with Crippen molar-refractivity contribution in [3.05, 3.63) is 29.8 Å². The van der Waals surface area contributed by atoms with Crippen molar-refractivity contribution in [2.45, 2.75) is 37.4 Å². The van der Waals surface area contributed by atoms with Crippen LogP contribution in [0.25, 0.3) is 0 Å². The number of rotatable bonds is 8. The van der Waals surface area contributed by atoms with Crippen LogP contribution in [0, 0.1) is 5.92 Å². The molecule has 0 fully saturated rings. The molecule has 0 saturated heterocycles. The Morgan fingerprint density at radius 3 is 2.12 bits per heavy atom. The Labute approximate surface area is 148 Å². The van der Waals surface area contributed by atoms with E-state index < -0.39 is 40.7 Å². The largest absolute Gasteiger partial charge is 0.480 e. The molecule has 0 heterocycles. The zero-order chi connectivity index (χ0) is 20.1. The number of carboxylic acids is 1. The van der Waals surface area contributed by atoms with Crippen LogP contribution in [-0.2, 0) is 14.8 Å². The Bertz CT molecular complexity index is 746. The van der Waals surface area contributed by atoms with Crippen LogP contribution < -0.4 is 10.0 Å². The maximum Gasteiger partial charge on any atom is 0.405 e. The lowest BCUT2D eigenvalue weighted by Gasteiger charge is -2.16. The normalized spacial score (nSPS) is 13.5. The van der Waals surface area contributed by atoms with Gasteiger partial charge in [0.05, 0.1) is 4.90 Å². The van der Waals surface area contributed by atoms with Gasteiger partial charge in [-0.2, -0.15) is 17.9 Å². The summed E-state index contributed by atoms with van der Waals surface area (Å²) in [6.07, 6.45) is -4.49. The molecule has 0 aliphatic rings. The third-order valence-electron chi connectivity index (χ3n) is 3.18. The summed E-state index contributed by atoms with van der Waals surface area (Å²) in [7, 11) is -4.17. The smallest absolute Gasteiger partial charge is 0.405 e. The second-order valence-electron chi connectivity index (χ2n) is 5.96. The minimum atomic E-state index is -4.56. The maximum absolute atomic E-state index is 12.2. The van der Waals surface area contributed by atoms with Gasteiger partial charge in [-0.05, 0) is 36.6 Å². The van der Waals surface area contributed by atoms with Crippen molar-refractivity contribution in [2.24, 2.45) is 5.92 Å². The van der Waals surface area contributed by atoms with Crippen molar-refractivity contribution >= 4 is 21.9 Å². The first-order chi connectivity index (χ1) is 11.8. The predicted molar refractivity (Wildman–Crippen MR) is 86.0 cm³/mol. The third kappa shape index (κ3) is 7.00. The Kier molecular flexibility index (Phi) is 7.16. The van der Waals surface area contributed by atoms with E-state index in [0.717, 1.165) is 24.3 Å². The molecule has 0 saturated carbocycles. The highest BCUT2D eigenvalue weighted by Gasteiger charge is 2.28. The van der Waals surface area contributed by atoms with Gasteiger partial charge in [0.2, 0.25) is 10.0 Å². The van der Waals surface area contributed by atoms with Crippen LogP contribution in [0.4, 0.5) is 13.2 Å². The molecule has 1 atom stereocenters. The molecule has 1 amide bonds. The molecule has 0 bridgehead atoms. The summed E-state index contributed by atoms with van der Waals surface area (Å²) < 4.78 is 62.8. The second-order valence-corrected chi connectivity index (χ2v) is 7.68. The number of aliphatic carboxylic acids is 1. The number of hydrogen-bond acceptors (Lipinski definition) is 4. The summed E-state index contributed by atoms with van der Waals surface area (Å²) in [5.74, 6) is -2.41. The minimum Gasteiger partial charge on any atom is -0.480 e. The van der Waals surface area contributed by atoms with Crippen LogP contribution in [0.3, 0.4) is 0 Å². The van der Waals surface area contributed by atoms with Crippen LogP contribution >= 0.6 is 0 Å². The molecule has 7 nitrogen and oxygen atoms in total. The fourth-order valence-electron chi connectivity index (χ4n) is 1.99. The third-order valence-corrected chi connectivity index (χ3v) is 4.67. The average molecular weight is 396 g/mol. The van der Waals surface area contributed by atoms with Crippen LogP contribution in [-0.4, -0.2) is 44.2 Å². The molecule has 26 heavy (non-hydrogen) atoms. The Balaban J connectivity index is 2.88. The number of benzene rings is 1. The fraction of sp³-hybridized carbons (Fsp3) is 0.467. The van der Waals surface area contributed by atoms with Gasteiger partial charge < -0.3 is 10.4 Å². The molecule has 0 aliphatic heterocycles. The summed E-state index contributed by atoms with van der Waals surface area (Å²) in [6, 6.07) is 2.78. The zero-order valence-corrected chi connectivity index (χ0v) is 14.8. The van der Waals surface area contributed by atoms with Gasteiger partial charge in [0.1, 0.15) is 12.6 Å². The van der Waals surface area contributed by atoms with Crippen LogP contribution in [0.5, 0.6) is 0 Å². The summed E-state index contributed by atoms with van der Waals surface area (Å²) in [5.41, 5.74) is -0.162. The topological polar surface area (TPSA) is 113 Å². The first-order valence-corrected chi connectivity index (χ1v) is 9.00. The zero-order valence-electron chi connectivity index (χ0n) is 14.0. The lowest BCUT2D eigenvalue weighted by Crippen LogP contribution is -2.41. The number of nitrogens with one attached hydrogen (secondary N) is 2. The Morgan fingerprint density at radius 1 is 1.15 bits per heavy atom. The van der Waals surface area contributed by atoms with Gasteiger partial charge in [0.15, 0.2) is 0 Å². The fourth-order valence-corrected chi connectivity index (χ4v) is 3.20. The van der Waals surface area contributed by atoms with Gasteiger partial charge >= 0.3 is 12.1 Å². The van der Waals surface area contributed by atoms with Crippen LogP contribution in [0.2, 0.25) is 0 Å². The highest BCUT2D eigenvalue weighted by Crippen LogP contribution is 2.15. The van der Waals surface area contributed by atoms with Crippen LogP contribution in [0.15, 0.2) is 29.2 Å². The van der Waals surface area contributed by atoms with Gasteiger partial charge in [-0.25, -0.2) is 8.42 Å². The molecule has 0 aliphatic carbocycles. The molecule has 146 valence electrons. The molecule has 1 rings (SSSR count). The minimum absolute atomic E-state index is 0.0708. The number of halogens is 3. The summed E-state index contributed by atoms with van der Waals surface area (Å²) in [5, 5.41) is 10.8. The van der Waals surface area contributed by atoms with E-state index in [1.165, 1.54) is 0 Å². The lowest BCUT2D eigenvalue weighted by molar-refractivity contribution is -0.139. The summed E-state index contributed by atoms with van der Waals surface area (Å²) in [6.45, 7) is 1.96. The molecular formula is C15H19F3N2O5S. The molecule has 0 aromatic heterocycles. The highest BCUT2D eigenvalue weighted by molar-refractivity contribution is 7.89. The van der Waals surface area contributed by atoms with Crippen molar-refractivity contribution in [2.75, 3.05) is 6.54 Å². The number of amides is 1. The van der Waals surface area contributed by atoms with E-state index in [2.05, 4.69) is 4.72 Å². The highest BCUT2D eigenvalue weighted by atomic mass is 32.2. The molecule has 0 spiro atoms. The molecule has 1 aromatic carbocycles. The monoisotopic (exact) mass is 396 g/mol. The van der Waals surface area contributed by atoms with Gasteiger partial charge in [-0.3, -0.25) is 9.59 Å². The van der Waals surface area contributed by atoms with Gasteiger partial charge in [-0.1, -0.05) is 13.8 Å². The van der Waals surface area contributed by atoms with E-state index >= 15 is 0 Å². The van der Waals surface area contributed by atoms with E-state index in [1.807, 2.05) is 0 Å². The van der Waals surface area contributed by atoms with Crippen LogP contribution in [0.1, 0.15) is 30.6 Å². The number of carbonyl (C=O) groups excluding carboxylic acids is 1. The molecule has 3 N–H and O–H groups in total. The molecule has 11 heteroatoms. The molecule has 1 aromatic rings. The molecular weight excluding hydrogens is 377 g/mol. The van der Waals surface area contributed by atoms with E-state index in [9.17, 15) is 31.2 Å². The number of carboxylic acid groups (broad SMARTS) is 1. The lowest BCUT2D eigenvalue weighted by atomic mass is 10.1. The van der Waals surface area contributed by atoms with E-state index in [0.29, 0.717) is 0 Å². The number of alkyl halides is 3. The Morgan fingerprint density at radius 2 is 1.69 bits per heavy atom. The number of carbonyl (C=O) groups is 2. The van der Waals surface area contributed by atoms with E-state index in [-0.39, 0.29) is 22.8 Å². The summed E-state index contributed by atoms with van der Waals surface area (Å²) in [4.78, 5) is 22.4. The standard InChI is InChI=1S/C15H19F3N2O5S/c1-9(2)7-12(14(22)23)20-26(24,25)11-5-3-10(4-6-11)13(21)19-8-15(16,17)18/h3-6,9,12,20H,7-8H2,1-2H3,(H,19,21)(H,22,23)/t12-/m1/s1.